The molecule has 0 saturated carbocycles. The van der Waals surface area contributed by atoms with E-state index < -0.39 is 11.9 Å². The Kier molecular flexibility index (Phi) is 6.39. The van der Waals surface area contributed by atoms with Crippen molar-refractivity contribution in [2.75, 3.05) is 25.6 Å². The fraction of sp³-hybridized carbons (Fsp3) is 0.263. The van der Waals surface area contributed by atoms with E-state index in [1.54, 1.807) is 18.2 Å². The number of methoxy groups -OCH3 is 1. The van der Waals surface area contributed by atoms with E-state index in [0.29, 0.717) is 23.8 Å². The van der Waals surface area contributed by atoms with Gasteiger partial charge in [-0.3, -0.25) is 4.79 Å². The molecule has 2 aromatic rings. The van der Waals surface area contributed by atoms with E-state index in [2.05, 4.69) is 5.32 Å². The second-order valence-corrected chi connectivity index (χ2v) is 5.29. The first-order valence-corrected chi connectivity index (χ1v) is 7.88. The average molecular weight is 343 g/mol. The van der Waals surface area contributed by atoms with Crippen LogP contribution in [0.25, 0.3) is 0 Å². The predicted octanol–water partition coefficient (Wildman–Crippen LogP) is 3.20. The minimum atomic E-state index is -0.608. The Labute approximate surface area is 146 Å². The van der Waals surface area contributed by atoms with Crippen molar-refractivity contribution in [3.05, 3.63) is 53.6 Å². The van der Waals surface area contributed by atoms with E-state index in [-0.39, 0.29) is 12.2 Å². The van der Waals surface area contributed by atoms with Crippen molar-refractivity contribution in [2.24, 2.45) is 0 Å². The molecule has 2 rings (SSSR count). The first kappa shape index (κ1) is 18.3. The lowest BCUT2D eigenvalue weighted by molar-refractivity contribution is -0.119. The summed E-state index contributed by atoms with van der Waals surface area (Å²) in [5, 5.41) is 2.68. The number of carbonyl (C=O) groups excluding carboxylic acids is 2. The first-order valence-electron chi connectivity index (χ1n) is 7.88. The number of nitrogens with one attached hydrogen (secondary N) is 1. The molecule has 6 nitrogen and oxygen atoms in total. The maximum Gasteiger partial charge on any atom is 0.338 e. The van der Waals surface area contributed by atoms with Gasteiger partial charge in [-0.15, -0.1) is 0 Å². The van der Waals surface area contributed by atoms with Gasteiger partial charge in [0.2, 0.25) is 0 Å². The number of anilines is 1. The number of aryl methyl sites for hydroxylation is 1. The molecule has 2 aromatic carbocycles. The lowest BCUT2D eigenvalue weighted by atomic mass is 10.2. The Morgan fingerprint density at radius 3 is 2.56 bits per heavy atom. The van der Waals surface area contributed by atoms with Crippen molar-refractivity contribution < 1.29 is 23.8 Å². The normalized spacial score (nSPS) is 10.0. The van der Waals surface area contributed by atoms with Crippen LogP contribution in [0.15, 0.2) is 42.5 Å². The number of carbonyl (C=O) groups is 2. The molecule has 132 valence electrons. The van der Waals surface area contributed by atoms with E-state index in [4.69, 9.17) is 14.2 Å². The van der Waals surface area contributed by atoms with E-state index >= 15 is 0 Å². The number of hydrogen-bond donors (Lipinski definition) is 1. The highest BCUT2D eigenvalue weighted by Crippen LogP contribution is 2.28. The van der Waals surface area contributed by atoms with E-state index in [9.17, 15) is 9.59 Å². The number of benzene rings is 2. The molecule has 1 N–H and O–H groups in total. The van der Waals surface area contributed by atoms with Gasteiger partial charge < -0.3 is 19.5 Å². The number of ether oxygens (including phenoxy) is 3. The molecule has 0 radical (unpaired) electrons. The van der Waals surface area contributed by atoms with Gasteiger partial charge in [-0.25, -0.2) is 4.79 Å². The summed E-state index contributed by atoms with van der Waals surface area (Å²) in [7, 11) is 1.52. The van der Waals surface area contributed by atoms with Gasteiger partial charge in [0, 0.05) is 5.69 Å². The molecule has 0 unspecified atom stereocenters. The van der Waals surface area contributed by atoms with Crippen molar-refractivity contribution in [3.63, 3.8) is 0 Å². The molecule has 0 spiro atoms. The van der Waals surface area contributed by atoms with Crippen LogP contribution in [-0.4, -0.2) is 32.2 Å². The molecule has 0 bridgehead atoms. The Bertz CT molecular complexity index is 757. The molecule has 0 aromatic heterocycles. The number of hydrogen-bond acceptors (Lipinski definition) is 5. The monoisotopic (exact) mass is 343 g/mol. The minimum Gasteiger partial charge on any atom is -0.493 e. The summed E-state index contributed by atoms with van der Waals surface area (Å²) in [4.78, 5) is 24.0. The summed E-state index contributed by atoms with van der Waals surface area (Å²) >= 11 is 0. The number of esters is 1. The molecule has 0 aliphatic carbocycles. The third-order valence-electron chi connectivity index (χ3n) is 3.34. The van der Waals surface area contributed by atoms with Crippen molar-refractivity contribution in [3.8, 4) is 11.5 Å². The first-order chi connectivity index (χ1) is 12.0. The highest BCUT2D eigenvalue weighted by Gasteiger charge is 2.14. The van der Waals surface area contributed by atoms with Gasteiger partial charge in [0.1, 0.15) is 0 Å². The van der Waals surface area contributed by atoms with Gasteiger partial charge in [0.15, 0.2) is 18.1 Å². The van der Waals surface area contributed by atoms with Crippen LogP contribution in [0.1, 0.15) is 22.8 Å². The van der Waals surface area contributed by atoms with Gasteiger partial charge in [0.05, 0.1) is 19.3 Å². The van der Waals surface area contributed by atoms with Crippen LogP contribution in [0.2, 0.25) is 0 Å². The molecule has 1 amide bonds. The molecule has 0 heterocycles. The SMILES string of the molecule is CCOc1cc(C(=O)OCC(=O)Nc2cccc(C)c2)ccc1OC. The molecule has 0 aliphatic rings. The third-order valence-corrected chi connectivity index (χ3v) is 3.34. The second-order valence-electron chi connectivity index (χ2n) is 5.29. The van der Waals surface area contributed by atoms with Gasteiger partial charge in [-0.2, -0.15) is 0 Å². The zero-order chi connectivity index (χ0) is 18.2. The Balaban J connectivity index is 1.95. The fourth-order valence-corrected chi connectivity index (χ4v) is 2.21. The summed E-state index contributed by atoms with van der Waals surface area (Å²) in [6.07, 6.45) is 0. The van der Waals surface area contributed by atoms with Crippen LogP contribution in [0.3, 0.4) is 0 Å². The zero-order valence-electron chi connectivity index (χ0n) is 14.5. The third kappa shape index (κ3) is 5.24. The Morgan fingerprint density at radius 2 is 1.88 bits per heavy atom. The molecule has 6 heteroatoms. The van der Waals surface area contributed by atoms with Crippen LogP contribution < -0.4 is 14.8 Å². The van der Waals surface area contributed by atoms with Gasteiger partial charge in [-0.1, -0.05) is 12.1 Å². The lowest BCUT2D eigenvalue weighted by Crippen LogP contribution is -2.21. The summed E-state index contributed by atoms with van der Waals surface area (Å²) < 4.78 is 15.6. The van der Waals surface area contributed by atoms with Crippen molar-refractivity contribution in [1.29, 1.82) is 0 Å². The molecule has 0 atom stereocenters. The quantitative estimate of drug-likeness (QED) is 0.782. The summed E-state index contributed by atoms with van der Waals surface area (Å²) in [6, 6.07) is 12.1. The van der Waals surface area contributed by atoms with Crippen molar-refractivity contribution in [1.82, 2.24) is 0 Å². The molecular weight excluding hydrogens is 322 g/mol. The topological polar surface area (TPSA) is 73.9 Å². The molecular formula is C19H21NO5. The molecule has 0 saturated heterocycles. The summed E-state index contributed by atoms with van der Waals surface area (Å²) in [6.45, 7) is 3.83. The molecule has 0 fully saturated rings. The van der Waals surface area contributed by atoms with Crippen LogP contribution in [0.4, 0.5) is 5.69 Å². The minimum absolute atomic E-state index is 0.285. The fourth-order valence-electron chi connectivity index (χ4n) is 2.21. The van der Waals surface area contributed by atoms with Gasteiger partial charge in [-0.05, 0) is 49.7 Å². The second kappa shape index (κ2) is 8.73. The van der Waals surface area contributed by atoms with E-state index in [0.717, 1.165) is 5.56 Å². The zero-order valence-corrected chi connectivity index (χ0v) is 14.5. The number of amides is 1. The largest absolute Gasteiger partial charge is 0.493 e. The van der Waals surface area contributed by atoms with Gasteiger partial charge in [0.25, 0.3) is 5.91 Å². The van der Waals surface area contributed by atoms with E-state index in [1.807, 2.05) is 32.0 Å². The standard InChI is InChI=1S/C19H21NO5/c1-4-24-17-11-14(8-9-16(17)23-3)19(22)25-12-18(21)20-15-7-5-6-13(2)10-15/h5-11H,4,12H2,1-3H3,(H,20,21). The highest BCUT2D eigenvalue weighted by atomic mass is 16.5. The maximum absolute atomic E-state index is 12.1. The predicted molar refractivity (Wildman–Crippen MR) is 94.3 cm³/mol. The van der Waals surface area contributed by atoms with Crippen LogP contribution in [0, 0.1) is 6.92 Å². The maximum atomic E-state index is 12.1. The summed E-state index contributed by atoms with van der Waals surface area (Å²) in [5.41, 5.74) is 1.97. The van der Waals surface area contributed by atoms with Crippen LogP contribution in [-0.2, 0) is 9.53 Å². The molecule has 25 heavy (non-hydrogen) atoms. The van der Waals surface area contributed by atoms with E-state index in [1.165, 1.54) is 13.2 Å². The average Bonchev–Trinajstić information content (AvgIpc) is 2.60. The smallest absolute Gasteiger partial charge is 0.338 e. The van der Waals surface area contributed by atoms with Crippen molar-refractivity contribution in [2.45, 2.75) is 13.8 Å². The molecule has 0 aliphatic heterocycles. The lowest BCUT2D eigenvalue weighted by Gasteiger charge is -2.11. The highest BCUT2D eigenvalue weighted by molar-refractivity contribution is 5.95. The number of rotatable bonds is 7. The Hall–Kier alpha value is -3.02. The van der Waals surface area contributed by atoms with Gasteiger partial charge >= 0.3 is 5.97 Å². The van der Waals surface area contributed by atoms with Crippen molar-refractivity contribution >= 4 is 17.6 Å². The van der Waals surface area contributed by atoms with Crippen LogP contribution in [0.5, 0.6) is 11.5 Å². The van der Waals surface area contributed by atoms with Crippen LogP contribution >= 0.6 is 0 Å². The summed E-state index contributed by atoms with van der Waals surface area (Å²) in [5.74, 6) is -0.0419. The Morgan fingerprint density at radius 1 is 1.08 bits per heavy atom.